The van der Waals surface area contributed by atoms with Crippen LogP contribution < -0.4 is 15.2 Å². The molecule has 166 valence electrons. The summed E-state index contributed by atoms with van der Waals surface area (Å²) in [6.07, 6.45) is 7.50. The van der Waals surface area contributed by atoms with Gasteiger partial charge in [0.2, 0.25) is 5.88 Å². The number of ether oxygens (including phenoxy) is 1. The van der Waals surface area contributed by atoms with Crippen molar-refractivity contribution < 1.29 is 13.7 Å². The van der Waals surface area contributed by atoms with E-state index in [4.69, 9.17) is 9.88 Å². The van der Waals surface area contributed by atoms with Gasteiger partial charge in [-0.15, -0.1) is 4.36 Å². The molecular formula is C21H28N6O3S. The second-order valence-electron chi connectivity index (χ2n) is 8.81. The largest absolute Gasteiger partial charge is 0.475 e. The Balaban J connectivity index is 1.44. The number of anilines is 1. The summed E-state index contributed by atoms with van der Waals surface area (Å²) in [6.45, 7) is 1.14. The number of benzene rings is 1. The number of nitrogens with one attached hydrogen (secondary N) is 1. The maximum absolute atomic E-state index is 13.2. The van der Waals surface area contributed by atoms with E-state index in [1.165, 1.54) is 28.5 Å². The fourth-order valence-electron chi connectivity index (χ4n) is 5.00. The van der Waals surface area contributed by atoms with E-state index < -0.39 is 15.9 Å². The van der Waals surface area contributed by atoms with Crippen LogP contribution >= 0.6 is 0 Å². The highest BCUT2D eigenvalue weighted by Crippen LogP contribution is 2.39. The van der Waals surface area contributed by atoms with Gasteiger partial charge in [-0.2, -0.15) is 5.10 Å². The van der Waals surface area contributed by atoms with Crippen molar-refractivity contribution in [2.75, 3.05) is 32.6 Å². The number of aromatic nitrogens is 2. The molecule has 3 aliphatic rings. The molecule has 0 saturated carbocycles. The number of rotatable bonds is 4. The lowest BCUT2D eigenvalue weighted by atomic mass is 9.99. The molecule has 2 heterocycles. The molecule has 5 rings (SSSR count). The topological polar surface area (TPSA) is 115 Å². The number of aryl methyl sites for hydroxylation is 2. The van der Waals surface area contributed by atoms with E-state index in [2.05, 4.69) is 20.8 Å². The van der Waals surface area contributed by atoms with E-state index in [0.29, 0.717) is 12.5 Å². The van der Waals surface area contributed by atoms with Crippen molar-refractivity contribution in [1.82, 2.24) is 14.7 Å². The summed E-state index contributed by atoms with van der Waals surface area (Å²) in [4.78, 5) is 15.0. The van der Waals surface area contributed by atoms with Crippen LogP contribution in [0.3, 0.4) is 0 Å². The maximum atomic E-state index is 13.2. The quantitative estimate of drug-likeness (QED) is 0.751. The Morgan fingerprint density at radius 2 is 1.97 bits per heavy atom. The predicted molar refractivity (Wildman–Crippen MR) is 118 cm³/mol. The van der Waals surface area contributed by atoms with E-state index in [1.54, 1.807) is 4.68 Å². The highest BCUT2D eigenvalue weighted by molar-refractivity contribution is 7.91. The number of hydrogen-bond donors (Lipinski definition) is 2. The first-order valence-corrected chi connectivity index (χ1v) is 12.3. The SMILES string of the molecule is CN(C)C[C@@H]1COc2c(S(N)(=O)=NC(=O)Nc3c4c(cc5c3CCC5)CCC4)cnn21. The second-order valence-corrected chi connectivity index (χ2v) is 10.6. The molecule has 9 nitrogen and oxygen atoms in total. The molecule has 1 aromatic heterocycles. The first-order valence-electron chi connectivity index (χ1n) is 10.7. The summed E-state index contributed by atoms with van der Waals surface area (Å²) in [5.41, 5.74) is 5.84. The van der Waals surface area contributed by atoms with E-state index >= 15 is 0 Å². The number of urea groups is 1. The van der Waals surface area contributed by atoms with Gasteiger partial charge in [0.15, 0.2) is 9.92 Å². The standard InChI is InChI=1S/C21H28N6O3S/c1-26(2)11-15-12-30-20-18(10-23-27(15)20)31(22,29)25-21(28)24-19-16-7-3-5-13(16)9-14-6-4-8-17(14)19/h9-10,15H,3-8,11-12H2,1-2H3,(H3,22,24,25,28,29)/t15-,31?/m1/s1. The third-order valence-corrected chi connectivity index (χ3v) is 7.64. The van der Waals surface area contributed by atoms with Gasteiger partial charge in [-0.3, -0.25) is 0 Å². The van der Waals surface area contributed by atoms with Gasteiger partial charge in [0.25, 0.3) is 0 Å². The van der Waals surface area contributed by atoms with Crippen molar-refractivity contribution in [3.63, 3.8) is 0 Å². The predicted octanol–water partition coefficient (Wildman–Crippen LogP) is 2.29. The van der Waals surface area contributed by atoms with E-state index in [9.17, 15) is 9.00 Å². The summed E-state index contributed by atoms with van der Waals surface area (Å²) in [7, 11) is 0.427. The minimum atomic E-state index is -3.50. The molecule has 3 N–H and O–H groups in total. The number of carbonyl (C=O) groups excluding carboxylic acids is 1. The average Bonchev–Trinajstić information content (AvgIpc) is 3.45. The Kier molecular flexibility index (Phi) is 5.03. The van der Waals surface area contributed by atoms with E-state index in [-0.39, 0.29) is 10.9 Å². The average molecular weight is 445 g/mol. The first kappa shape index (κ1) is 20.5. The third-order valence-electron chi connectivity index (χ3n) is 6.29. The Labute approximate surface area is 182 Å². The zero-order valence-electron chi connectivity index (χ0n) is 17.9. The molecule has 0 fully saturated rings. The molecule has 2 aliphatic carbocycles. The smallest absolute Gasteiger partial charge is 0.354 e. The van der Waals surface area contributed by atoms with Crippen molar-refractivity contribution in [2.24, 2.45) is 9.50 Å². The van der Waals surface area contributed by atoms with Crippen LogP contribution in [0.25, 0.3) is 0 Å². The molecule has 1 aliphatic heterocycles. The zero-order chi connectivity index (χ0) is 21.8. The Morgan fingerprint density at radius 1 is 1.29 bits per heavy atom. The van der Waals surface area contributed by atoms with Gasteiger partial charge in [-0.05, 0) is 74.9 Å². The lowest BCUT2D eigenvalue weighted by Gasteiger charge is -2.15. The van der Waals surface area contributed by atoms with Gasteiger partial charge in [-0.1, -0.05) is 6.07 Å². The van der Waals surface area contributed by atoms with Crippen molar-refractivity contribution in [3.8, 4) is 5.88 Å². The zero-order valence-corrected chi connectivity index (χ0v) is 18.7. The van der Waals surface area contributed by atoms with Crippen molar-refractivity contribution in [1.29, 1.82) is 0 Å². The number of nitrogens with two attached hydrogens (primary N) is 1. The minimum Gasteiger partial charge on any atom is -0.475 e. The molecule has 1 unspecified atom stereocenters. The lowest BCUT2D eigenvalue weighted by molar-refractivity contribution is 0.260. The van der Waals surface area contributed by atoms with Crippen LogP contribution in [0.1, 0.15) is 41.1 Å². The third kappa shape index (κ3) is 3.62. The van der Waals surface area contributed by atoms with Crippen LogP contribution in [0.15, 0.2) is 21.5 Å². The molecule has 0 spiro atoms. The number of likely N-dealkylation sites (N-methyl/N-ethyl adjacent to an activating group) is 1. The Hall–Kier alpha value is -2.43. The summed E-state index contributed by atoms with van der Waals surface area (Å²) >= 11 is 0. The van der Waals surface area contributed by atoms with Crippen LogP contribution in [-0.4, -0.2) is 52.2 Å². The summed E-state index contributed by atoms with van der Waals surface area (Å²) in [5.74, 6) is 0.331. The second kappa shape index (κ2) is 7.61. The molecule has 10 heteroatoms. The fraction of sp³-hybridized carbons (Fsp3) is 0.524. The molecule has 0 bridgehead atoms. The number of amides is 2. The van der Waals surface area contributed by atoms with Gasteiger partial charge < -0.3 is 15.0 Å². The normalized spacial score (nSPS) is 20.7. The number of fused-ring (bicyclic) bond motifs is 3. The number of hydrogen-bond acceptors (Lipinski definition) is 5. The van der Waals surface area contributed by atoms with E-state index in [1.807, 2.05) is 19.0 Å². The Bertz CT molecular complexity index is 1150. The summed E-state index contributed by atoms with van der Waals surface area (Å²) in [6, 6.07) is 1.60. The Morgan fingerprint density at radius 3 is 2.61 bits per heavy atom. The van der Waals surface area contributed by atoms with Gasteiger partial charge >= 0.3 is 6.03 Å². The molecule has 2 amide bonds. The van der Waals surface area contributed by atoms with Crippen LogP contribution in [0.4, 0.5) is 10.5 Å². The van der Waals surface area contributed by atoms with Crippen molar-refractivity contribution in [2.45, 2.75) is 49.5 Å². The molecule has 2 aromatic rings. The molecule has 0 saturated heterocycles. The molecule has 31 heavy (non-hydrogen) atoms. The van der Waals surface area contributed by atoms with Crippen LogP contribution in [-0.2, 0) is 35.6 Å². The van der Waals surface area contributed by atoms with Crippen LogP contribution in [0.5, 0.6) is 5.88 Å². The molecule has 0 radical (unpaired) electrons. The van der Waals surface area contributed by atoms with Gasteiger partial charge in [-0.25, -0.2) is 18.8 Å². The fourth-order valence-corrected chi connectivity index (χ4v) is 5.99. The molecule has 1 aromatic carbocycles. The van der Waals surface area contributed by atoms with E-state index in [0.717, 1.165) is 50.8 Å². The van der Waals surface area contributed by atoms with Gasteiger partial charge in [0, 0.05) is 12.2 Å². The maximum Gasteiger partial charge on any atom is 0.354 e. The van der Waals surface area contributed by atoms with Gasteiger partial charge in [0.05, 0.1) is 6.20 Å². The number of carbonyl (C=O) groups is 1. The van der Waals surface area contributed by atoms with Crippen molar-refractivity contribution >= 4 is 21.6 Å². The summed E-state index contributed by atoms with van der Waals surface area (Å²) < 4.78 is 24.5. The number of nitrogens with zero attached hydrogens (tertiary/aromatic N) is 4. The van der Waals surface area contributed by atoms with Crippen LogP contribution in [0, 0.1) is 0 Å². The first-order chi connectivity index (χ1) is 14.8. The highest BCUT2D eigenvalue weighted by Gasteiger charge is 2.32. The molecular weight excluding hydrogens is 416 g/mol. The monoisotopic (exact) mass is 444 g/mol. The minimum absolute atomic E-state index is 0.00253. The molecule has 2 atom stereocenters. The lowest BCUT2D eigenvalue weighted by Crippen LogP contribution is -2.24. The van der Waals surface area contributed by atoms with Crippen LogP contribution in [0.2, 0.25) is 0 Å². The summed E-state index contributed by atoms with van der Waals surface area (Å²) in [5, 5.41) is 13.3. The van der Waals surface area contributed by atoms with Gasteiger partial charge in [0.1, 0.15) is 17.5 Å². The highest BCUT2D eigenvalue weighted by atomic mass is 32.2. The van der Waals surface area contributed by atoms with Crippen molar-refractivity contribution in [3.05, 3.63) is 34.5 Å².